The van der Waals surface area contributed by atoms with E-state index in [1.54, 1.807) is 0 Å². The Bertz CT molecular complexity index is 248. The molecule has 118 valence electrons. The first-order valence-corrected chi connectivity index (χ1v) is 8.70. The Kier molecular flexibility index (Phi) is 23.1. The van der Waals surface area contributed by atoms with Gasteiger partial charge in [-0.15, -0.1) is 0 Å². The van der Waals surface area contributed by atoms with Crippen LogP contribution >= 0.6 is 0 Å². The van der Waals surface area contributed by atoms with Gasteiger partial charge in [0.05, 0.1) is 0 Å². The van der Waals surface area contributed by atoms with E-state index >= 15 is 0 Å². The van der Waals surface area contributed by atoms with E-state index in [1.165, 1.54) is 57.8 Å². The van der Waals surface area contributed by atoms with Gasteiger partial charge in [0.25, 0.3) is 0 Å². The molecule has 0 aliphatic rings. The van der Waals surface area contributed by atoms with Crippen molar-refractivity contribution in [1.29, 1.82) is 0 Å². The molecule has 0 aliphatic carbocycles. The van der Waals surface area contributed by atoms with E-state index in [9.17, 15) is 0 Å². The normalized spacial score (nSPS) is 12.1. The third-order valence-electron chi connectivity index (χ3n) is 3.00. The first-order chi connectivity index (χ1) is 8.81. The molecule has 0 heterocycles. The van der Waals surface area contributed by atoms with Crippen molar-refractivity contribution in [3.63, 3.8) is 0 Å². The van der Waals surface area contributed by atoms with Crippen molar-refractivity contribution in [1.82, 2.24) is 0 Å². The molecule has 0 aromatic heterocycles. The second kappa shape index (κ2) is 17.9. The maximum absolute atomic E-state index is 8.74. The Morgan fingerprint density at radius 2 is 1.35 bits per heavy atom. The molecule has 0 rings (SSSR count). The Morgan fingerprint density at radius 1 is 0.950 bits per heavy atom. The molecular weight excluding hydrogens is 287 g/mol. The molecule has 0 saturated heterocycles. The zero-order valence-corrected chi connectivity index (χ0v) is 16.3. The van der Waals surface area contributed by atoms with Crippen LogP contribution in [0, 0.1) is 12.8 Å². The Balaban J connectivity index is -0.000000414. The van der Waals surface area contributed by atoms with Crippen molar-refractivity contribution in [3.05, 3.63) is 6.92 Å². The van der Waals surface area contributed by atoms with E-state index in [1.807, 2.05) is 0 Å². The van der Waals surface area contributed by atoms with Gasteiger partial charge in [0.1, 0.15) is 0 Å². The predicted octanol–water partition coefficient (Wildman–Crippen LogP) is 1.73. The van der Waals surface area contributed by atoms with Crippen LogP contribution in [0.1, 0.15) is 78.1 Å². The molecule has 20 heavy (non-hydrogen) atoms. The van der Waals surface area contributed by atoms with Crippen LogP contribution in [0.3, 0.4) is 0 Å². The molecule has 0 radical (unpaired) electrons. The summed E-state index contributed by atoms with van der Waals surface area (Å²) in [4.78, 5) is 0. The molecule has 0 aromatic rings. The van der Waals surface area contributed by atoms with Gasteiger partial charge in [-0.25, -0.2) is 0 Å². The third-order valence-corrected chi connectivity index (χ3v) is 3.00. The average Bonchev–Trinajstić information content (AvgIpc) is 2.28. The SMILES string of the molecule is O=S(=O)(O)O.[CH2-]CCCCCC(C)CCCCCC.[Na+]. The molecule has 6 heteroatoms. The molecule has 2 N–H and O–H groups in total. The Morgan fingerprint density at radius 3 is 1.70 bits per heavy atom. The molecule has 4 nitrogen and oxygen atoms in total. The standard InChI is InChI=1S/C14H29.Na.H2O4S/c1-4-6-8-10-12-14(3)13-11-9-7-5-2;;1-5(2,3)4/h14H,1,4-13H2,2-3H3;;(H2,1,2,3,4)/q-1;+1;. The van der Waals surface area contributed by atoms with Gasteiger partial charge in [0.15, 0.2) is 0 Å². The van der Waals surface area contributed by atoms with E-state index in [4.69, 9.17) is 17.5 Å². The largest absolute Gasteiger partial charge is 1.00 e. The third kappa shape index (κ3) is 36.4. The summed E-state index contributed by atoms with van der Waals surface area (Å²) in [5.74, 6) is 0.955. The molecule has 0 bridgehead atoms. The minimum atomic E-state index is -4.67. The molecule has 1 unspecified atom stereocenters. The molecule has 1 atom stereocenters. The summed E-state index contributed by atoms with van der Waals surface area (Å²) < 4.78 is 31.6. The fraction of sp³-hybridized carbons (Fsp3) is 0.929. The summed E-state index contributed by atoms with van der Waals surface area (Å²) in [6, 6.07) is 0. The molecular formula is C14H31NaO4S. The molecule has 0 amide bonds. The maximum atomic E-state index is 8.74. The van der Waals surface area contributed by atoms with Gasteiger partial charge in [0.2, 0.25) is 0 Å². The molecule has 0 spiro atoms. The minimum absolute atomic E-state index is 0. The molecule has 0 aliphatic heterocycles. The van der Waals surface area contributed by atoms with Gasteiger partial charge in [-0.2, -0.15) is 14.8 Å². The topological polar surface area (TPSA) is 74.6 Å². The number of rotatable bonds is 10. The summed E-state index contributed by atoms with van der Waals surface area (Å²) >= 11 is 0. The summed E-state index contributed by atoms with van der Waals surface area (Å²) in [6.07, 6.45) is 13.8. The minimum Gasteiger partial charge on any atom is -0.343 e. The fourth-order valence-electron chi connectivity index (χ4n) is 1.91. The molecule has 0 saturated carbocycles. The van der Waals surface area contributed by atoms with Crippen molar-refractivity contribution in [3.8, 4) is 0 Å². The van der Waals surface area contributed by atoms with Crippen LogP contribution in [0.5, 0.6) is 0 Å². The first-order valence-electron chi connectivity index (χ1n) is 7.30. The number of hydrogen-bond acceptors (Lipinski definition) is 2. The average molecular weight is 318 g/mol. The monoisotopic (exact) mass is 318 g/mol. The van der Waals surface area contributed by atoms with E-state index in [0.717, 1.165) is 12.3 Å². The smallest absolute Gasteiger partial charge is 0.343 e. The van der Waals surface area contributed by atoms with E-state index in [0.29, 0.717) is 0 Å². The van der Waals surface area contributed by atoms with Crippen LogP contribution in [0.25, 0.3) is 0 Å². The van der Waals surface area contributed by atoms with Gasteiger partial charge in [-0.1, -0.05) is 71.6 Å². The van der Waals surface area contributed by atoms with Crippen LogP contribution in [0.2, 0.25) is 0 Å². The van der Waals surface area contributed by atoms with Crippen LogP contribution in [-0.4, -0.2) is 17.5 Å². The van der Waals surface area contributed by atoms with Crippen molar-refractivity contribution in [2.45, 2.75) is 78.1 Å². The predicted molar refractivity (Wildman–Crippen MR) is 80.5 cm³/mol. The van der Waals surface area contributed by atoms with Crippen LogP contribution in [-0.2, 0) is 10.4 Å². The van der Waals surface area contributed by atoms with Gasteiger partial charge in [-0.05, 0) is 5.92 Å². The summed E-state index contributed by atoms with van der Waals surface area (Å²) in [6.45, 7) is 8.57. The van der Waals surface area contributed by atoms with Crippen molar-refractivity contribution in [2.75, 3.05) is 0 Å². The molecule has 0 fully saturated rings. The van der Waals surface area contributed by atoms with Crippen LogP contribution < -0.4 is 29.6 Å². The van der Waals surface area contributed by atoms with Gasteiger partial charge in [-0.3, -0.25) is 9.11 Å². The van der Waals surface area contributed by atoms with E-state index in [-0.39, 0.29) is 29.6 Å². The Labute approximate surface area is 148 Å². The maximum Gasteiger partial charge on any atom is 1.00 e. The quantitative estimate of drug-likeness (QED) is 0.278. The van der Waals surface area contributed by atoms with Crippen molar-refractivity contribution < 1.29 is 47.1 Å². The Hall–Kier alpha value is 0.870. The summed E-state index contributed by atoms with van der Waals surface area (Å²) in [7, 11) is -4.67. The van der Waals surface area contributed by atoms with E-state index in [2.05, 4.69) is 20.8 Å². The summed E-state index contributed by atoms with van der Waals surface area (Å²) in [5, 5.41) is 0. The van der Waals surface area contributed by atoms with Gasteiger partial charge < -0.3 is 6.92 Å². The van der Waals surface area contributed by atoms with Crippen LogP contribution in [0.15, 0.2) is 0 Å². The zero-order chi connectivity index (χ0) is 15.1. The second-order valence-corrected chi connectivity index (χ2v) is 6.00. The number of unbranched alkanes of at least 4 members (excludes halogenated alkanes) is 6. The number of hydrogen-bond donors (Lipinski definition) is 2. The zero-order valence-electron chi connectivity index (χ0n) is 13.5. The van der Waals surface area contributed by atoms with Gasteiger partial charge in [0, 0.05) is 0 Å². The van der Waals surface area contributed by atoms with Gasteiger partial charge >= 0.3 is 40.0 Å². The first kappa shape index (κ1) is 25.8. The van der Waals surface area contributed by atoms with E-state index < -0.39 is 10.4 Å². The van der Waals surface area contributed by atoms with Crippen LogP contribution in [0.4, 0.5) is 0 Å². The van der Waals surface area contributed by atoms with Crippen molar-refractivity contribution in [2.24, 2.45) is 5.92 Å². The summed E-state index contributed by atoms with van der Waals surface area (Å²) in [5.41, 5.74) is 0. The van der Waals surface area contributed by atoms with Crippen molar-refractivity contribution >= 4 is 10.4 Å². The molecule has 0 aromatic carbocycles. The fourth-order valence-corrected chi connectivity index (χ4v) is 1.91. The second-order valence-electron chi connectivity index (χ2n) is 5.11.